The average molecular weight is 356 g/mol. The summed E-state index contributed by atoms with van der Waals surface area (Å²) in [4.78, 5) is 25.5. The van der Waals surface area contributed by atoms with Crippen LogP contribution in [0.15, 0.2) is 42.0 Å². The van der Waals surface area contributed by atoms with Gasteiger partial charge < -0.3 is 15.0 Å². The normalized spacial score (nSPS) is 14.0. The lowest BCUT2D eigenvalue weighted by molar-refractivity contribution is -0.131. The largest absolute Gasteiger partial charge is 0.497 e. The van der Waals surface area contributed by atoms with Crippen molar-refractivity contribution in [2.75, 3.05) is 27.2 Å². The number of methoxy groups -OCH3 is 1. The number of ether oxygens (including phenoxy) is 1. The molecule has 1 aliphatic carbocycles. The van der Waals surface area contributed by atoms with E-state index in [0.29, 0.717) is 6.54 Å². The minimum Gasteiger partial charge on any atom is -0.497 e. The summed E-state index contributed by atoms with van der Waals surface area (Å²) >= 11 is 0. The summed E-state index contributed by atoms with van der Waals surface area (Å²) in [7, 11) is 3.23. The molecule has 0 saturated heterocycles. The van der Waals surface area contributed by atoms with Crippen molar-refractivity contribution in [1.29, 1.82) is 0 Å². The van der Waals surface area contributed by atoms with E-state index in [2.05, 4.69) is 11.4 Å². The molecule has 0 aromatic heterocycles. The van der Waals surface area contributed by atoms with Crippen molar-refractivity contribution in [3.8, 4) is 5.75 Å². The molecule has 5 nitrogen and oxygen atoms in total. The molecule has 1 aliphatic rings. The molecule has 1 N–H and O–H groups in total. The molecule has 0 saturated carbocycles. The molecule has 1 aromatic rings. The van der Waals surface area contributed by atoms with Crippen LogP contribution < -0.4 is 10.1 Å². The van der Waals surface area contributed by atoms with Crippen LogP contribution in [0.1, 0.15) is 37.7 Å². The van der Waals surface area contributed by atoms with Crippen molar-refractivity contribution in [3.05, 3.63) is 47.6 Å². The number of amides is 2. The van der Waals surface area contributed by atoms with Gasteiger partial charge in [-0.2, -0.15) is 0 Å². The van der Waals surface area contributed by atoms with Crippen LogP contribution >= 0.6 is 0 Å². The fourth-order valence-electron chi connectivity index (χ4n) is 2.88. The van der Waals surface area contributed by atoms with Crippen molar-refractivity contribution < 1.29 is 14.3 Å². The van der Waals surface area contributed by atoms with Crippen LogP contribution in [0.25, 0.3) is 6.08 Å². The Kier molecular flexibility index (Phi) is 7.93. The second kappa shape index (κ2) is 10.4. The molecule has 0 atom stereocenters. The number of nitrogens with one attached hydrogen (secondary N) is 1. The van der Waals surface area contributed by atoms with E-state index in [0.717, 1.165) is 30.6 Å². The first-order valence-electron chi connectivity index (χ1n) is 9.10. The zero-order valence-electron chi connectivity index (χ0n) is 15.7. The van der Waals surface area contributed by atoms with Crippen LogP contribution in [-0.2, 0) is 9.59 Å². The number of rotatable bonds is 8. The maximum absolute atomic E-state index is 12.1. The highest BCUT2D eigenvalue weighted by molar-refractivity contribution is 5.94. The van der Waals surface area contributed by atoms with Gasteiger partial charge >= 0.3 is 0 Å². The zero-order valence-corrected chi connectivity index (χ0v) is 15.7. The summed E-state index contributed by atoms with van der Waals surface area (Å²) < 4.78 is 5.16. The van der Waals surface area contributed by atoms with E-state index in [-0.39, 0.29) is 18.4 Å². The van der Waals surface area contributed by atoms with E-state index >= 15 is 0 Å². The van der Waals surface area contributed by atoms with Crippen molar-refractivity contribution in [3.63, 3.8) is 0 Å². The third-order valence-electron chi connectivity index (χ3n) is 4.42. The molecule has 0 spiro atoms. The first-order valence-corrected chi connectivity index (χ1v) is 9.10. The van der Waals surface area contributed by atoms with Gasteiger partial charge in [-0.15, -0.1) is 0 Å². The molecule has 26 heavy (non-hydrogen) atoms. The first kappa shape index (κ1) is 19.8. The van der Waals surface area contributed by atoms with Gasteiger partial charge in [0.1, 0.15) is 5.75 Å². The van der Waals surface area contributed by atoms with Crippen molar-refractivity contribution in [2.45, 2.75) is 32.1 Å². The maximum atomic E-state index is 12.1. The number of hydrogen-bond acceptors (Lipinski definition) is 3. The van der Waals surface area contributed by atoms with Crippen LogP contribution in [0.5, 0.6) is 5.75 Å². The van der Waals surface area contributed by atoms with Gasteiger partial charge in [0, 0.05) is 19.7 Å². The predicted molar refractivity (Wildman–Crippen MR) is 104 cm³/mol. The molecule has 0 bridgehead atoms. The van der Waals surface area contributed by atoms with Crippen molar-refractivity contribution >= 4 is 17.9 Å². The fourth-order valence-corrected chi connectivity index (χ4v) is 2.88. The molecule has 0 fully saturated rings. The van der Waals surface area contributed by atoms with Gasteiger partial charge in [0.2, 0.25) is 11.8 Å². The number of carbonyl (C=O) groups excluding carboxylic acids is 2. The monoisotopic (exact) mass is 356 g/mol. The minimum absolute atomic E-state index is 0.0559. The van der Waals surface area contributed by atoms with Crippen LogP contribution in [0.3, 0.4) is 0 Å². The van der Waals surface area contributed by atoms with Crippen molar-refractivity contribution in [1.82, 2.24) is 10.2 Å². The highest BCUT2D eigenvalue weighted by atomic mass is 16.5. The molecule has 5 heteroatoms. The number of allylic oxidation sites excluding steroid dienone is 1. The molecule has 2 rings (SSSR count). The Bertz CT molecular complexity index is 680. The number of nitrogens with zero attached hydrogens (tertiary/aromatic N) is 1. The van der Waals surface area contributed by atoms with E-state index < -0.39 is 0 Å². The van der Waals surface area contributed by atoms with Gasteiger partial charge in [0.15, 0.2) is 0 Å². The van der Waals surface area contributed by atoms with Gasteiger partial charge in [0.05, 0.1) is 13.7 Å². The second-order valence-corrected chi connectivity index (χ2v) is 6.51. The van der Waals surface area contributed by atoms with E-state index in [4.69, 9.17) is 4.74 Å². The number of carbonyl (C=O) groups is 2. The summed E-state index contributed by atoms with van der Waals surface area (Å²) in [5.41, 5.74) is 2.30. The van der Waals surface area contributed by atoms with Gasteiger partial charge in [0.25, 0.3) is 0 Å². The summed E-state index contributed by atoms with van der Waals surface area (Å²) in [5, 5.41) is 2.89. The molecule has 0 radical (unpaired) electrons. The molecule has 2 amide bonds. The summed E-state index contributed by atoms with van der Waals surface area (Å²) in [6.07, 6.45) is 11.2. The standard InChI is InChI=1S/C21H28N2O3/c1-23(16-20(24)22-14-13-17-7-4-3-5-8-17)21(25)12-11-18-9-6-10-19(15-18)26-2/h6-7,9-12,15H,3-5,8,13-14,16H2,1-2H3,(H,22,24)/b12-11+. The Labute approximate surface area is 155 Å². The Morgan fingerprint density at radius 2 is 2.15 bits per heavy atom. The number of benzene rings is 1. The summed E-state index contributed by atoms with van der Waals surface area (Å²) in [5.74, 6) is 0.394. The lowest BCUT2D eigenvalue weighted by Gasteiger charge is -2.16. The average Bonchev–Trinajstić information content (AvgIpc) is 2.67. The molecular formula is C21H28N2O3. The zero-order chi connectivity index (χ0) is 18.8. The minimum atomic E-state index is -0.210. The highest BCUT2D eigenvalue weighted by Crippen LogP contribution is 2.19. The fraction of sp³-hybridized carbons (Fsp3) is 0.429. The van der Waals surface area contributed by atoms with E-state index in [9.17, 15) is 9.59 Å². The Morgan fingerprint density at radius 1 is 1.31 bits per heavy atom. The van der Waals surface area contributed by atoms with Gasteiger partial charge in [-0.05, 0) is 55.9 Å². The van der Waals surface area contributed by atoms with E-state index in [1.165, 1.54) is 29.4 Å². The van der Waals surface area contributed by atoms with Crippen LogP contribution in [0.2, 0.25) is 0 Å². The molecule has 0 aliphatic heterocycles. The second-order valence-electron chi connectivity index (χ2n) is 6.51. The molecule has 0 unspecified atom stereocenters. The maximum Gasteiger partial charge on any atom is 0.246 e. The Morgan fingerprint density at radius 3 is 2.88 bits per heavy atom. The Hall–Kier alpha value is -2.56. The van der Waals surface area contributed by atoms with Crippen LogP contribution in [0.4, 0.5) is 0 Å². The predicted octanol–water partition coefficient (Wildman–Crippen LogP) is 3.17. The summed E-state index contributed by atoms with van der Waals surface area (Å²) in [6, 6.07) is 7.44. The van der Waals surface area contributed by atoms with E-state index in [1.54, 1.807) is 20.2 Å². The lowest BCUT2D eigenvalue weighted by atomic mass is 9.97. The molecular weight excluding hydrogens is 328 g/mol. The third kappa shape index (κ3) is 6.75. The quantitative estimate of drug-likeness (QED) is 0.575. The van der Waals surface area contributed by atoms with Crippen LogP contribution in [-0.4, -0.2) is 44.0 Å². The van der Waals surface area contributed by atoms with Gasteiger partial charge in [-0.25, -0.2) is 0 Å². The van der Waals surface area contributed by atoms with Gasteiger partial charge in [-0.3, -0.25) is 9.59 Å². The topological polar surface area (TPSA) is 58.6 Å². The lowest BCUT2D eigenvalue weighted by Crippen LogP contribution is -2.38. The number of hydrogen-bond donors (Lipinski definition) is 1. The third-order valence-corrected chi connectivity index (χ3v) is 4.42. The van der Waals surface area contributed by atoms with Gasteiger partial charge in [-0.1, -0.05) is 23.8 Å². The molecule has 140 valence electrons. The smallest absolute Gasteiger partial charge is 0.246 e. The van der Waals surface area contributed by atoms with E-state index in [1.807, 2.05) is 24.3 Å². The number of likely N-dealkylation sites (N-methyl/N-ethyl adjacent to an activating group) is 1. The molecule has 1 aromatic carbocycles. The first-order chi connectivity index (χ1) is 12.6. The Balaban J connectivity index is 1.73. The SMILES string of the molecule is COc1cccc(/C=C/C(=O)N(C)CC(=O)NCCC2=CCCCC2)c1. The summed E-state index contributed by atoms with van der Waals surface area (Å²) in [6.45, 7) is 0.687. The van der Waals surface area contributed by atoms with Crippen molar-refractivity contribution in [2.24, 2.45) is 0 Å². The van der Waals surface area contributed by atoms with Crippen LogP contribution in [0, 0.1) is 0 Å². The highest BCUT2D eigenvalue weighted by Gasteiger charge is 2.11. The molecule has 0 heterocycles.